The van der Waals surface area contributed by atoms with Crippen molar-refractivity contribution in [2.45, 2.75) is 68.8 Å². The Hall–Kier alpha value is -3.79. The number of hydrogen-bond donors (Lipinski definition) is 2. The van der Waals surface area contributed by atoms with E-state index in [1.54, 1.807) is 12.1 Å². The summed E-state index contributed by atoms with van der Waals surface area (Å²) in [5.74, 6) is 0. The average molecular weight is 643 g/mol. The lowest BCUT2D eigenvalue weighted by molar-refractivity contribution is -0.134. The van der Waals surface area contributed by atoms with Crippen molar-refractivity contribution in [3.05, 3.63) is 108 Å². The van der Waals surface area contributed by atoms with E-state index in [0.717, 1.165) is 67.6 Å². The van der Waals surface area contributed by atoms with E-state index in [1.807, 2.05) is 48.5 Å². The number of aryl methyl sites for hydroxylation is 1. The summed E-state index contributed by atoms with van der Waals surface area (Å²) in [6.45, 7) is 9.71. The maximum atomic E-state index is 13.2. The zero-order valence-corrected chi connectivity index (χ0v) is 25.8. The number of likely N-dealkylation sites (tertiary alicyclic amines) is 1. The first-order chi connectivity index (χ1) is 21.9. The minimum atomic E-state index is -4.36. The summed E-state index contributed by atoms with van der Waals surface area (Å²) in [6.07, 6.45) is -4.20. The smallest absolute Gasteiger partial charge is 0.382 e. The zero-order valence-electron chi connectivity index (χ0n) is 25.8. The molecule has 0 bridgehead atoms. The Bertz CT molecular complexity index is 1480. The van der Waals surface area contributed by atoms with E-state index in [4.69, 9.17) is 0 Å². The van der Waals surface area contributed by atoms with Gasteiger partial charge in [-0.25, -0.2) is 0 Å². The van der Waals surface area contributed by atoms with Gasteiger partial charge in [-0.3, -0.25) is 4.98 Å². The third kappa shape index (κ3) is 7.77. The van der Waals surface area contributed by atoms with Crippen molar-refractivity contribution in [1.29, 1.82) is 0 Å². The molecule has 0 amide bonds. The third-order valence-electron chi connectivity index (χ3n) is 9.18. The number of aromatic nitrogens is 1. The van der Waals surface area contributed by atoms with Gasteiger partial charge in [-0.2, -0.15) is 26.3 Å². The van der Waals surface area contributed by atoms with Crippen LogP contribution in [0.5, 0.6) is 0 Å². The number of rotatable bonds is 13. The molecule has 0 unspecified atom stereocenters. The number of fused-ring (bicyclic) bond motifs is 3. The van der Waals surface area contributed by atoms with Gasteiger partial charge in [-0.1, -0.05) is 68.1 Å². The molecule has 246 valence electrons. The topological polar surface area (TPSA) is 40.2 Å². The Morgan fingerprint density at radius 2 is 1.48 bits per heavy atom. The van der Waals surface area contributed by atoms with Crippen LogP contribution in [-0.2, 0) is 11.8 Å². The highest BCUT2D eigenvalue weighted by Crippen LogP contribution is 2.54. The van der Waals surface area contributed by atoms with Crippen LogP contribution in [0, 0.1) is 0 Å². The molecular weight excluding hydrogens is 602 g/mol. The van der Waals surface area contributed by atoms with E-state index < -0.39 is 30.7 Å². The molecule has 0 atom stereocenters. The van der Waals surface area contributed by atoms with Gasteiger partial charge in [0.25, 0.3) is 0 Å². The van der Waals surface area contributed by atoms with Crippen LogP contribution in [0.1, 0.15) is 60.9 Å². The van der Waals surface area contributed by atoms with E-state index in [9.17, 15) is 26.3 Å². The molecular formula is C36H40F6N4. The predicted molar refractivity (Wildman–Crippen MR) is 170 cm³/mol. The number of unbranched alkanes of at least 4 members (excludes halogenated alkanes) is 1. The molecule has 1 saturated heterocycles. The van der Waals surface area contributed by atoms with E-state index in [1.165, 1.54) is 6.20 Å². The lowest BCUT2D eigenvalue weighted by Crippen LogP contribution is -2.42. The minimum Gasteiger partial charge on any atom is -0.382 e. The highest BCUT2D eigenvalue weighted by Gasteiger charge is 2.45. The third-order valence-corrected chi connectivity index (χ3v) is 9.18. The van der Waals surface area contributed by atoms with E-state index >= 15 is 0 Å². The van der Waals surface area contributed by atoms with Crippen molar-refractivity contribution < 1.29 is 26.3 Å². The summed E-state index contributed by atoms with van der Waals surface area (Å²) in [5.41, 5.74) is 5.22. The first-order valence-corrected chi connectivity index (χ1v) is 15.8. The average Bonchev–Trinajstić information content (AvgIpc) is 3.32. The van der Waals surface area contributed by atoms with Crippen LogP contribution in [0.15, 0.2) is 85.7 Å². The molecule has 2 aromatic carbocycles. The minimum absolute atomic E-state index is 0.150. The summed E-state index contributed by atoms with van der Waals surface area (Å²) in [6, 6.07) is 19.4. The second-order valence-electron chi connectivity index (χ2n) is 12.3. The number of alkyl halides is 6. The second-order valence-corrected chi connectivity index (χ2v) is 12.3. The quantitative estimate of drug-likeness (QED) is 0.145. The Kier molecular flexibility index (Phi) is 10.2. The molecule has 1 aromatic heterocycles. The number of nitrogens with zero attached hydrogens (tertiary/aromatic N) is 2. The molecule has 2 heterocycles. The number of piperidine rings is 1. The van der Waals surface area contributed by atoms with E-state index in [0.29, 0.717) is 29.1 Å². The zero-order chi connectivity index (χ0) is 33.0. The van der Waals surface area contributed by atoms with Crippen LogP contribution in [0.4, 0.5) is 26.3 Å². The van der Waals surface area contributed by atoms with Gasteiger partial charge in [0.1, 0.15) is 6.54 Å². The van der Waals surface area contributed by atoms with Crippen LogP contribution in [-0.4, -0.2) is 54.5 Å². The van der Waals surface area contributed by atoms with Crippen LogP contribution in [0.2, 0.25) is 0 Å². The van der Waals surface area contributed by atoms with Crippen molar-refractivity contribution in [3.63, 3.8) is 0 Å². The largest absolute Gasteiger partial charge is 0.405 e. The van der Waals surface area contributed by atoms with Crippen molar-refractivity contribution >= 4 is 5.70 Å². The summed E-state index contributed by atoms with van der Waals surface area (Å²) in [5, 5.41) is 6.05. The Morgan fingerprint density at radius 3 is 2.09 bits per heavy atom. The van der Waals surface area contributed by atoms with Gasteiger partial charge in [-0.15, -0.1) is 0 Å². The molecule has 46 heavy (non-hydrogen) atoms. The standard InChI is InChI=1S/C36H40F6N4/c1-25(28-12-9-20-43-33(28)15-19-35(37,38)39)45-27-16-22-46(23-17-27)21-8-7-18-34(26(2)44-24-36(40,41)42)31-13-5-3-10-29(31)30-11-4-6-14-32(30)34/h3-6,9-14,20,27,44-45H,1-2,7-8,15-19,21-24H2. The van der Waals surface area contributed by atoms with Gasteiger partial charge < -0.3 is 15.5 Å². The maximum Gasteiger partial charge on any atom is 0.405 e. The molecule has 2 N–H and O–H groups in total. The van der Waals surface area contributed by atoms with Gasteiger partial charge in [0.05, 0.1) is 5.41 Å². The molecule has 0 saturated carbocycles. The maximum absolute atomic E-state index is 13.2. The van der Waals surface area contributed by atoms with E-state index in [2.05, 4.69) is 33.7 Å². The first kappa shape index (κ1) is 33.6. The molecule has 0 radical (unpaired) electrons. The van der Waals surface area contributed by atoms with Crippen molar-refractivity contribution in [3.8, 4) is 11.1 Å². The first-order valence-electron chi connectivity index (χ1n) is 15.8. The number of hydrogen-bond acceptors (Lipinski definition) is 4. The van der Waals surface area contributed by atoms with Crippen LogP contribution >= 0.6 is 0 Å². The number of pyridine rings is 1. The molecule has 5 rings (SSSR count). The van der Waals surface area contributed by atoms with Gasteiger partial charge in [-0.05, 0) is 73.0 Å². The summed E-state index contributed by atoms with van der Waals surface area (Å²) < 4.78 is 78.1. The molecule has 1 aliphatic heterocycles. The SMILES string of the molecule is C=C(NC1CCN(CCCCC2(C(=C)NCC(F)(F)F)c3ccccc3-c3ccccc32)CC1)c1cccnc1CCC(F)(F)F. The summed E-state index contributed by atoms with van der Waals surface area (Å²) >= 11 is 0. The second kappa shape index (κ2) is 13.9. The number of halogens is 6. The normalized spacial score (nSPS) is 16.5. The predicted octanol–water partition coefficient (Wildman–Crippen LogP) is 8.40. The van der Waals surface area contributed by atoms with Gasteiger partial charge in [0, 0.05) is 54.4 Å². The molecule has 1 fully saturated rings. The molecule has 0 spiro atoms. The number of nitrogens with one attached hydrogen (secondary N) is 2. The lowest BCUT2D eigenvalue weighted by Gasteiger charge is -2.36. The van der Waals surface area contributed by atoms with Gasteiger partial charge in [0.15, 0.2) is 0 Å². The fourth-order valence-corrected chi connectivity index (χ4v) is 6.95. The molecule has 3 aromatic rings. The van der Waals surface area contributed by atoms with Crippen molar-refractivity contribution in [2.24, 2.45) is 0 Å². The Balaban J connectivity index is 1.17. The van der Waals surface area contributed by atoms with Crippen molar-refractivity contribution in [1.82, 2.24) is 20.5 Å². The summed E-state index contributed by atoms with van der Waals surface area (Å²) in [7, 11) is 0. The highest BCUT2D eigenvalue weighted by atomic mass is 19.4. The van der Waals surface area contributed by atoms with E-state index in [-0.39, 0.29) is 12.5 Å². The summed E-state index contributed by atoms with van der Waals surface area (Å²) in [4.78, 5) is 6.56. The Morgan fingerprint density at radius 1 is 0.848 bits per heavy atom. The molecule has 10 heteroatoms. The number of benzene rings is 2. The Labute approximate surface area is 266 Å². The van der Waals surface area contributed by atoms with Gasteiger partial charge >= 0.3 is 12.4 Å². The lowest BCUT2D eigenvalue weighted by atomic mass is 9.72. The van der Waals surface area contributed by atoms with Crippen LogP contribution < -0.4 is 10.6 Å². The van der Waals surface area contributed by atoms with Gasteiger partial charge in [0.2, 0.25) is 0 Å². The fraction of sp³-hybridized carbons (Fsp3) is 0.417. The molecule has 4 nitrogen and oxygen atoms in total. The molecule has 2 aliphatic rings. The van der Waals surface area contributed by atoms with Crippen LogP contribution in [0.3, 0.4) is 0 Å². The van der Waals surface area contributed by atoms with Crippen molar-refractivity contribution in [2.75, 3.05) is 26.2 Å². The fourth-order valence-electron chi connectivity index (χ4n) is 6.95. The highest BCUT2D eigenvalue weighted by molar-refractivity contribution is 5.83. The van der Waals surface area contributed by atoms with Crippen LogP contribution in [0.25, 0.3) is 16.8 Å². The molecule has 1 aliphatic carbocycles. The monoisotopic (exact) mass is 642 g/mol. The number of allylic oxidation sites excluding steroid dienone is 1.